The van der Waals surface area contributed by atoms with Crippen molar-refractivity contribution in [3.8, 4) is 22.3 Å². The highest BCUT2D eigenvalue weighted by molar-refractivity contribution is 7.08. The van der Waals surface area contributed by atoms with E-state index in [1.807, 2.05) is 48.5 Å². The van der Waals surface area contributed by atoms with Crippen molar-refractivity contribution >= 4 is 11.3 Å². The van der Waals surface area contributed by atoms with E-state index in [4.69, 9.17) is 10.2 Å². The molecule has 3 rings (SSSR count). The molecule has 3 aromatic rings. The minimum absolute atomic E-state index is 0.0688. The van der Waals surface area contributed by atoms with E-state index < -0.39 is 0 Å². The second kappa shape index (κ2) is 6.22. The molecule has 0 aliphatic carbocycles. The molecule has 2 N–H and O–H groups in total. The highest BCUT2D eigenvalue weighted by Crippen LogP contribution is 2.35. The smallest absolute Gasteiger partial charge is 0.0681 e. The average molecular weight is 296 g/mol. The Balaban J connectivity index is 1.99. The Morgan fingerprint density at radius 1 is 0.619 bits per heavy atom. The van der Waals surface area contributed by atoms with Gasteiger partial charge in [-0.25, -0.2) is 0 Å². The van der Waals surface area contributed by atoms with Gasteiger partial charge in [-0.15, -0.1) is 0 Å². The fraction of sp³-hybridized carbons (Fsp3) is 0.111. The first-order chi connectivity index (χ1) is 10.3. The summed E-state index contributed by atoms with van der Waals surface area (Å²) in [5.74, 6) is 0. The monoisotopic (exact) mass is 296 g/mol. The maximum Gasteiger partial charge on any atom is 0.0681 e. The number of aliphatic hydroxyl groups is 2. The Morgan fingerprint density at radius 3 is 1.33 bits per heavy atom. The molecule has 0 bridgehead atoms. The number of hydrogen-bond donors (Lipinski definition) is 2. The molecule has 2 nitrogen and oxygen atoms in total. The van der Waals surface area contributed by atoms with Crippen molar-refractivity contribution in [1.82, 2.24) is 0 Å². The number of benzene rings is 2. The van der Waals surface area contributed by atoms with Crippen LogP contribution in [0.1, 0.15) is 11.1 Å². The van der Waals surface area contributed by atoms with Crippen LogP contribution in [0.25, 0.3) is 22.3 Å². The van der Waals surface area contributed by atoms with E-state index in [-0.39, 0.29) is 13.2 Å². The summed E-state index contributed by atoms with van der Waals surface area (Å²) in [5.41, 5.74) is 6.53. The number of thiophene rings is 1. The molecule has 0 amide bonds. The van der Waals surface area contributed by atoms with E-state index in [1.54, 1.807) is 11.3 Å². The van der Waals surface area contributed by atoms with Gasteiger partial charge in [-0.05, 0) is 33.0 Å². The third-order valence-corrected chi connectivity index (χ3v) is 4.30. The van der Waals surface area contributed by atoms with Crippen molar-refractivity contribution in [3.05, 3.63) is 70.4 Å². The third kappa shape index (κ3) is 2.90. The molecule has 0 fully saturated rings. The van der Waals surface area contributed by atoms with Crippen molar-refractivity contribution in [3.63, 3.8) is 0 Å². The predicted octanol–water partition coefficient (Wildman–Crippen LogP) is 4.07. The van der Waals surface area contributed by atoms with Crippen LogP contribution >= 0.6 is 11.3 Å². The predicted molar refractivity (Wildman–Crippen MR) is 87.0 cm³/mol. The summed E-state index contributed by atoms with van der Waals surface area (Å²) in [4.78, 5) is 0. The molecule has 1 heterocycles. The lowest BCUT2D eigenvalue weighted by molar-refractivity contribution is 0.281. The van der Waals surface area contributed by atoms with Crippen molar-refractivity contribution in [2.75, 3.05) is 0 Å². The van der Waals surface area contributed by atoms with Gasteiger partial charge < -0.3 is 10.2 Å². The molecule has 0 unspecified atom stereocenters. The van der Waals surface area contributed by atoms with Crippen LogP contribution in [-0.4, -0.2) is 10.2 Å². The SMILES string of the molecule is OCc1ccc(-c2cscc2-c2ccc(CO)cc2)cc1. The maximum atomic E-state index is 9.12. The second-order valence-electron chi connectivity index (χ2n) is 4.91. The Hall–Kier alpha value is -1.94. The van der Waals surface area contributed by atoms with Crippen LogP contribution in [0.2, 0.25) is 0 Å². The van der Waals surface area contributed by atoms with Crippen LogP contribution in [0.15, 0.2) is 59.3 Å². The lowest BCUT2D eigenvalue weighted by Crippen LogP contribution is -1.85. The van der Waals surface area contributed by atoms with Gasteiger partial charge in [-0.3, -0.25) is 0 Å². The Bertz CT molecular complexity index is 650. The summed E-state index contributed by atoms with van der Waals surface area (Å²) in [7, 11) is 0. The summed E-state index contributed by atoms with van der Waals surface area (Å²) in [6.45, 7) is 0.138. The Morgan fingerprint density at radius 2 is 1.00 bits per heavy atom. The summed E-state index contributed by atoms with van der Waals surface area (Å²) >= 11 is 1.68. The van der Waals surface area contributed by atoms with E-state index in [0.29, 0.717) is 0 Å². The van der Waals surface area contributed by atoms with Gasteiger partial charge in [0.1, 0.15) is 0 Å². The van der Waals surface area contributed by atoms with Crippen LogP contribution in [0, 0.1) is 0 Å². The van der Waals surface area contributed by atoms with E-state index in [9.17, 15) is 0 Å². The maximum absolute atomic E-state index is 9.12. The molecule has 0 atom stereocenters. The highest BCUT2D eigenvalue weighted by Gasteiger charge is 2.08. The number of rotatable bonds is 4. The second-order valence-corrected chi connectivity index (χ2v) is 5.65. The minimum Gasteiger partial charge on any atom is -0.392 e. The van der Waals surface area contributed by atoms with Gasteiger partial charge in [-0.2, -0.15) is 11.3 Å². The average Bonchev–Trinajstić information content (AvgIpc) is 3.04. The summed E-state index contributed by atoms with van der Waals surface area (Å²) in [6.07, 6.45) is 0. The molecule has 0 aliphatic heterocycles. The van der Waals surface area contributed by atoms with Crippen LogP contribution in [0.4, 0.5) is 0 Å². The molecule has 0 radical (unpaired) electrons. The van der Waals surface area contributed by atoms with Gasteiger partial charge in [0, 0.05) is 11.1 Å². The van der Waals surface area contributed by atoms with Gasteiger partial charge in [0.15, 0.2) is 0 Å². The summed E-state index contributed by atoms with van der Waals surface area (Å²) < 4.78 is 0. The zero-order valence-electron chi connectivity index (χ0n) is 11.5. The number of hydrogen-bond acceptors (Lipinski definition) is 3. The standard InChI is InChI=1S/C18H16O2S/c19-9-13-1-5-15(6-2-13)17-11-21-12-18(17)16-7-3-14(10-20)4-8-16/h1-8,11-12,19-20H,9-10H2. The Kier molecular flexibility index (Phi) is 4.15. The van der Waals surface area contributed by atoms with Crippen LogP contribution < -0.4 is 0 Å². The first-order valence-electron chi connectivity index (χ1n) is 6.78. The normalized spacial score (nSPS) is 10.8. The quantitative estimate of drug-likeness (QED) is 0.762. The molecule has 3 heteroatoms. The van der Waals surface area contributed by atoms with Crippen LogP contribution in [-0.2, 0) is 13.2 Å². The molecule has 1 aromatic heterocycles. The molecular formula is C18H16O2S. The van der Waals surface area contributed by atoms with E-state index in [0.717, 1.165) is 22.3 Å². The van der Waals surface area contributed by atoms with Crippen molar-refractivity contribution in [2.45, 2.75) is 13.2 Å². The molecule has 0 aliphatic rings. The van der Waals surface area contributed by atoms with Crippen LogP contribution in [0.5, 0.6) is 0 Å². The van der Waals surface area contributed by atoms with Gasteiger partial charge in [-0.1, -0.05) is 48.5 Å². The van der Waals surface area contributed by atoms with E-state index >= 15 is 0 Å². The molecule has 0 saturated carbocycles. The fourth-order valence-electron chi connectivity index (χ4n) is 2.32. The Labute approximate surface area is 128 Å². The van der Waals surface area contributed by atoms with Gasteiger partial charge in [0.05, 0.1) is 13.2 Å². The van der Waals surface area contributed by atoms with Gasteiger partial charge in [0.2, 0.25) is 0 Å². The fourth-order valence-corrected chi connectivity index (χ4v) is 3.19. The molecular weight excluding hydrogens is 280 g/mol. The first kappa shape index (κ1) is 14.0. The molecule has 106 valence electrons. The third-order valence-electron chi connectivity index (χ3n) is 3.56. The molecule has 0 saturated heterocycles. The van der Waals surface area contributed by atoms with Gasteiger partial charge in [0.25, 0.3) is 0 Å². The van der Waals surface area contributed by atoms with Crippen molar-refractivity contribution < 1.29 is 10.2 Å². The zero-order chi connectivity index (χ0) is 14.7. The number of aliphatic hydroxyl groups excluding tert-OH is 2. The lowest BCUT2D eigenvalue weighted by Gasteiger charge is -2.06. The van der Waals surface area contributed by atoms with Crippen molar-refractivity contribution in [2.24, 2.45) is 0 Å². The topological polar surface area (TPSA) is 40.5 Å². The first-order valence-corrected chi connectivity index (χ1v) is 7.72. The summed E-state index contributed by atoms with van der Waals surface area (Å²) in [5, 5.41) is 22.5. The zero-order valence-corrected chi connectivity index (χ0v) is 12.3. The molecule has 0 spiro atoms. The molecule has 2 aromatic carbocycles. The minimum atomic E-state index is 0.0688. The van der Waals surface area contributed by atoms with E-state index in [1.165, 1.54) is 11.1 Å². The largest absolute Gasteiger partial charge is 0.392 e. The summed E-state index contributed by atoms with van der Waals surface area (Å²) in [6, 6.07) is 16.0. The molecule has 21 heavy (non-hydrogen) atoms. The lowest BCUT2D eigenvalue weighted by atomic mass is 9.98. The van der Waals surface area contributed by atoms with E-state index in [2.05, 4.69) is 10.8 Å². The van der Waals surface area contributed by atoms with Crippen molar-refractivity contribution in [1.29, 1.82) is 0 Å². The van der Waals surface area contributed by atoms with Gasteiger partial charge >= 0.3 is 0 Å². The van der Waals surface area contributed by atoms with Crippen LogP contribution in [0.3, 0.4) is 0 Å². The highest BCUT2D eigenvalue weighted by atomic mass is 32.1.